The minimum atomic E-state index is -0.0805. The summed E-state index contributed by atoms with van der Waals surface area (Å²) in [4.78, 5) is 11.3. The van der Waals surface area contributed by atoms with E-state index in [9.17, 15) is 4.79 Å². The molecule has 1 N–H and O–H groups in total. The van der Waals surface area contributed by atoms with Crippen molar-refractivity contribution in [3.63, 3.8) is 0 Å². The van der Waals surface area contributed by atoms with Crippen molar-refractivity contribution in [2.24, 2.45) is 0 Å². The Hall–Kier alpha value is -2.81. The Labute approximate surface area is 129 Å². The number of carbonyl (C=O) groups excluding carboxylic acids is 1. The van der Waals surface area contributed by atoms with Crippen molar-refractivity contribution in [1.82, 2.24) is 0 Å². The summed E-state index contributed by atoms with van der Waals surface area (Å²) < 4.78 is 5.85. The molecule has 0 spiro atoms. The molecule has 0 saturated heterocycles. The molecule has 3 aromatic carbocycles. The molecule has 0 aliphatic carbocycles. The summed E-state index contributed by atoms with van der Waals surface area (Å²) in [6.45, 7) is 2.03. The molecule has 0 radical (unpaired) electrons. The first-order valence-electron chi connectivity index (χ1n) is 7.19. The number of amides is 1. The van der Waals surface area contributed by atoms with Gasteiger partial charge in [-0.15, -0.1) is 0 Å². The minimum Gasteiger partial charge on any atom is -0.489 e. The molecule has 0 aromatic heterocycles. The second-order valence-electron chi connectivity index (χ2n) is 5.14. The van der Waals surface area contributed by atoms with Gasteiger partial charge in [-0.2, -0.15) is 0 Å². The first-order valence-corrected chi connectivity index (χ1v) is 7.19. The van der Waals surface area contributed by atoms with Gasteiger partial charge in [0, 0.05) is 18.0 Å². The van der Waals surface area contributed by atoms with Gasteiger partial charge in [0.25, 0.3) is 0 Å². The molecule has 3 aromatic rings. The molecule has 0 unspecified atom stereocenters. The largest absolute Gasteiger partial charge is 0.489 e. The first kappa shape index (κ1) is 14.1. The van der Waals surface area contributed by atoms with E-state index >= 15 is 0 Å². The van der Waals surface area contributed by atoms with Crippen LogP contribution in [0.2, 0.25) is 0 Å². The fourth-order valence-corrected chi connectivity index (χ4v) is 2.38. The smallest absolute Gasteiger partial charge is 0.221 e. The van der Waals surface area contributed by atoms with Gasteiger partial charge in [-0.3, -0.25) is 4.79 Å². The molecule has 3 rings (SSSR count). The maximum atomic E-state index is 11.3. The van der Waals surface area contributed by atoms with Crippen molar-refractivity contribution < 1.29 is 9.53 Å². The number of fused-ring (bicyclic) bond motifs is 1. The third kappa shape index (κ3) is 3.26. The molecule has 0 aliphatic rings. The van der Waals surface area contributed by atoms with Crippen LogP contribution in [0.5, 0.6) is 5.75 Å². The van der Waals surface area contributed by atoms with E-state index in [2.05, 4.69) is 5.32 Å². The van der Waals surface area contributed by atoms with E-state index in [1.807, 2.05) is 66.7 Å². The molecule has 0 aliphatic heterocycles. The van der Waals surface area contributed by atoms with E-state index in [-0.39, 0.29) is 5.91 Å². The molecule has 0 heterocycles. The standard InChI is InChI=1S/C19H17NO2/c1-14(21)20-19-9-5-8-16-10-11-17(12-18(16)19)22-13-15-6-3-2-4-7-15/h2-12H,13H2,1H3,(H,20,21). The Morgan fingerprint density at radius 1 is 1.00 bits per heavy atom. The molecule has 3 heteroatoms. The van der Waals surface area contributed by atoms with Crippen molar-refractivity contribution in [3.05, 3.63) is 72.3 Å². The van der Waals surface area contributed by atoms with Crippen LogP contribution in [-0.2, 0) is 11.4 Å². The number of benzene rings is 3. The molecule has 1 amide bonds. The summed E-state index contributed by atoms with van der Waals surface area (Å²) in [5, 5.41) is 4.90. The SMILES string of the molecule is CC(=O)Nc1cccc2ccc(OCc3ccccc3)cc12. The quantitative estimate of drug-likeness (QED) is 0.774. The van der Waals surface area contributed by atoms with Gasteiger partial charge in [-0.1, -0.05) is 48.5 Å². The van der Waals surface area contributed by atoms with Crippen LogP contribution in [0.3, 0.4) is 0 Å². The minimum absolute atomic E-state index is 0.0805. The highest BCUT2D eigenvalue weighted by Gasteiger charge is 2.04. The predicted molar refractivity (Wildman–Crippen MR) is 89.0 cm³/mol. The molecular formula is C19H17NO2. The van der Waals surface area contributed by atoms with Crippen LogP contribution in [0, 0.1) is 0 Å². The lowest BCUT2D eigenvalue weighted by atomic mass is 10.1. The first-order chi connectivity index (χ1) is 10.7. The van der Waals surface area contributed by atoms with E-state index < -0.39 is 0 Å². The molecule has 0 fully saturated rings. The van der Waals surface area contributed by atoms with Crippen LogP contribution in [0.1, 0.15) is 12.5 Å². The van der Waals surface area contributed by atoms with Gasteiger partial charge in [-0.05, 0) is 29.1 Å². The number of nitrogens with one attached hydrogen (secondary N) is 1. The molecule has 0 bridgehead atoms. The monoisotopic (exact) mass is 291 g/mol. The topological polar surface area (TPSA) is 38.3 Å². The van der Waals surface area contributed by atoms with Crippen molar-refractivity contribution in [2.45, 2.75) is 13.5 Å². The Morgan fingerprint density at radius 2 is 1.82 bits per heavy atom. The summed E-state index contributed by atoms with van der Waals surface area (Å²) in [5.41, 5.74) is 1.92. The average molecular weight is 291 g/mol. The van der Waals surface area contributed by atoms with Crippen LogP contribution < -0.4 is 10.1 Å². The Balaban J connectivity index is 1.86. The van der Waals surface area contributed by atoms with Crippen LogP contribution >= 0.6 is 0 Å². The van der Waals surface area contributed by atoms with E-state index in [0.29, 0.717) is 6.61 Å². The summed E-state index contributed by atoms with van der Waals surface area (Å²) >= 11 is 0. The van der Waals surface area contributed by atoms with Gasteiger partial charge in [0.15, 0.2) is 0 Å². The van der Waals surface area contributed by atoms with Crippen LogP contribution in [0.25, 0.3) is 10.8 Å². The van der Waals surface area contributed by atoms with Gasteiger partial charge in [0.2, 0.25) is 5.91 Å². The van der Waals surface area contributed by atoms with Gasteiger partial charge < -0.3 is 10.1 Å². The Kier molecular flexibility index (Phi) is 4.05. The van der Waals surface area contributed by atoms with Gasteiger partial charge in [0.1, 0.15) is 12.4 Å². The zero-order valence-corrected chi connectivity index (χ0v) is 12.4. The maximum absolute atomic E-state index is 11.3. The second kappa shape index (κ2) is 6.31. The molecule has 0 saturated carbocycles. The van der Waals surface area contributed by atoms with E-state index in [1.165, 1.54) is 6.92 Å². The fraction of sp³-hybridized carbons (Fsp3) is 0.105. The fourth-order valence-electron chi connectivity index (χ4n) is 2.38. The third-order valence-corrected chi connectivity index (χ3v) is 3.41. The van der Waals surface area contributed by atoms with Gasteiger partial charge in [0.05, 0.1) is 0 Å². The second-order valence-corrected chi connectivity index (χ2v) is 5.14. The van der Waals surface area contributed by atoms with Crippen molar-refractivity contribution >= 4 is 22.4 Å². The Morgan fingerprint density at radius 3 is 2.59 bits per heavy atom. The van der Waals surface area contributed by atoms with E-state index in [4.69, 9.17) is 4.74 Å². The zero-order chi connectivity index (χ0) is 15.4. The highest BCUT2D eigenvalue weighted by molar-refractivity contribution is 6.01. The highest BCUT2D eigenvalue weighted by Crippen LogP contribution is 2.28. The zero-order valence-electron chi connectivity index (χ0n) is 12.4. The maximum Gasteiger partial charge on any atom is 0.221 e. The lowest BCUT2D eigenvalue weighted by Crippen LogP contribution is -2.06. The number of carbonyl (C=O) groups is 1. The number of hydrogen-bond acceptors (Lipinski definition) is 2. The number of ether oxygens (including phenoxy) is 1. The molecule has 22 heavy (non-hydrogen) atoms. The van der Waals surface area contributed by atoms with Crippen molar-refractivity contribution in [2.75, 3.05) is 5.32 Å². The lowest BCUT2D eigenvalue weighted by molar-refractivity contribution is -0.114. The Bertz CT molecular complexity index is 797. The number of anilines is 1. The molecule has 3 nitrogen and oxygen atoms in total. The van der Waals surface area contributed by atoms with Crippen LogP contribution in [0.4, 0.5) is 5.69 Å². The molecule has 110 valence electrons. The molecule has 0 atom stereocenters. The van der Waals surface area contributed by atoms with Crippen molar-refractivity contribution in [3.8, 4) is 5.75 Å². The highest BCUT2D eigenvalue weighted by atomic mass is 16.5. The number of hydrogen-bond donors (Lipinski definition) is 1. The molecular weight excluding hydrogens is 274 g/mol. The lowest BCUT2D eigenvalue weighted by Gasteiger charge is -2.10. The van der Waals surface area contributed by atoms with E-state index in [0.717, 1.165) is 27.8 Å². The van der Waals surface area contributed by atoms with Crippen molar-refractivity contribution in [1.29, 1.82) is 0 Å². The van der Waals surface area contributed by atoms with Crippen LogP contribution in [0.15, 0.2) is 66.7 Å². The predicted octanol–water partition coefficient (Wildman–Crippen LogP) is 4.38. The summed E-state index contributed by atoms with van der Waals surface area (Å²) in [7, 11) is 0. The third-order valence-electron chi connectivity index (χ3n) is 3.41. The summed E-state index contributed by atoms with van der Waals surface area (Å²) in [5.74, 6) is 0.706. The summed E-state index contributed by atoms with van der Waals surface area (Å²) in [6.07, 6.45) is 0. The van der Waals surface area contributed by atoms with E-state index in [1.54, 1.807) is 0 Å². The summed E-state index contributed by atoms with van der Waals surface area (Å²) in [6, 6.07) is 21.8. The average Bonchev–Trinajstić information content (AvgIpc) is 2.54. The normalized spacial score (nSPS) is 10.4. The van der Waals surface area contributed by atoms with Crippen LogP contribution in [-0.4, -0.2) is 5.91 Å². The van der Waals surface area contributed by atoms with Gasteiger partial charge >= 0.3 is 0 Å². The van der Waals surface area contributed by atoms with Gasteiger partial charge in [-0.25, -0.2) is 0 Å². The number of rotatable bonds is 4.